The predicted octanol–water partition coefficient (Wildman–Crippen LogP) is 2.72. The Hall–Kier alpha value is -2.07. The molecule has 0 bridgehead atoms. The molecule has 0 spiro atoms. The maximum Gasteiger partial charge on any atom is 0.191 e. The number of methoxy groups -OCH3 is 1. The fourth-order valence-corrected chi connectivity index (χ4v) is 3.31. The van der Waals surface area contributed by atoms with Crippen LogP contribution in [0.15, 0.2) is 47.6 Å². The molecule has 1 aliphatic heterocycles. The Morgan fingerprint density at radius 1 is 1.13 bits per heavy atom. The molecule has 3 rings (SSSR count). The number of guanidine groups is 1. The number of hydrogen-bond acceptors (Lipinski definition) is 5. The number of piperazine rings is 1. The van der Waals surface area contributed by atoms with E-state index >= 15 is 0 Å². The fraction of sp³-hybridized carbons (Fsp3) is 0.455. The number of aromatic nitrogens is 1. The average Bonchev–Trinajstić information content (AvgIpc) is 2.76. The van der Waals surface area contributed by atoms with E-state index in [1.54, 1.807) is 7.11 Å². The molecule has 2 aromatic rings. The third-order valence-corrected chi connectivity index (χ3v) is 5.04. The number of hydrogen-bond donors (Lipinski definition) is 2. The van der Waals surface area contributed by atoms with E-state index in [1.165, 1.54) is 0 Å². The van der Waals surface area contributed by atoms with Gasteiger partial charge in [0, 0.05) is 51.0 Å². The number of rotatable bonds is 7. The SMILES string of the molecule is CCNC(=NCc1ccnc(N2CCN(C)CC2)c1)NCc1ccccc1OC.I. The number of pyridine rings is 1. The van der Waals surface area contributed by atoms with Crippen LogP contribution in [0.4, 0.5) is 5.82 Å². The maximum absolute atomic E-state index is 5.43. The summed E-state index contributed by atoms with van der Waals surface area (Å²) in [5.74, 6) is 2.70. The van der Waals surface area contributed by atoms with Crippen LogP contribution in [-0.4, -0.2) is 62.7 Å². The van der Waals surface area contributed by atoms with Gasteiger partial charge in [0.05, 0.1) is 13.7 Å². The molecule has 1 fully saturated rings. The van der Waals surface area contributed by atoms with E-state index in [9.17, 15) is 0 Å². The van der Waals surface area contributed by atoms with Crippen LogP contribution in [-0.2, 0) is 13.1 Å². The van der Waals surface area contributed by atoms with Gasteiger partial charge in [-0.2, -0.15) is 0 Å². The van der Waals surface area contributed by atoms with Gasteiger partial charge in [-0.05, 0) is 37.7 Å². The molecule has 8 heteroatoms. The molecular weight excluding hydrogens is 491 g/mol. The minimum absolute atomic E-state index is 0. The van der Waals surface area contributed by atoms with Crippen LogP contribution in [0.1, 0.15) is 18.1 Å². The van der Waals surface area contributed by atoms with E-state index in [4.69, 9.17) is 9.73 Å². The summed E-state index contributed by atoms with van der Waals surface area (Å²) in [6, 6.07) is 12.2. The lowest BCUT2D eigenvalue weighted by Crippen LogP contribution is -2.44. The Kier molecular flexibility index (Phi) is 10.2. The van der Waals surface area contributed by atoms with Crippen LogP contribution in [0.2, 0.25) is 0 Å². The highest BCUT2D eigenvalue weighted by Crippen LogP contribution is 2.17. The van der Waals surface area contributed by atoms with Crippen LogP contribution >= 0.6 is 24.0 Å². The van der Waals surface area contributed by atoms with E-state index in [0.717, 1.165) is 61.4 Å². The van der Waals surface area contributed by atoms with Gasteiger partial charge in [0.15, 0.2) is 5.96 Å². The molecule has 0 unspecified atom stereocenters. The van der Waals surface area contributed by atoms with Crippen molar-refractivity contribution in [3.05, 3.63) is 53.7 Å². The normalized spacial score (nSPS) is 14.8. The number of halogens is 1. The standard InChI is InChI=1S/C22H32N6O.HI/c1-4-23-22(26-17-19-7-5-6-8-20(19)29-3)25-16-18-9-10-24-21(15-18)28-13-11-27(2)12-14-28;/h5-10,15H,4,11-14,16-17H2,1-3H3,(H2,23,25,26);1H. The summed E-state index contributed by atoms with van der Waals surface area (Å²) >= 11 is 0. The zero-order valence-corrected chi connectivity index (χ0v) is 20.4. The molecule has 1 saturated heterocycles. The third kappa shape index (κ3) is 7.02. The van der Waals surface area contributed by atoms with Crippen LogP contribution in [0, 0.1) is 0 Å². The third-order valence-electron chi connectivity index (χ3n) is 5.04. The van der Waals surface area contributed by atoms with Crippen LogP contribution in [0.25, 0.3) is 0 Å². The molecule has 0 radical (unpaired) electrons. The smallest absolute Gasteiger partial charge is 0.191 e. The number of para-hydroxylation sites is 1. The first-order valence-electron chi connectivity index (χ1n) is 10.2. The van der Waals surface area contributed by atoms with E-state index in [1.807, 2.05) is 30.5 Å². The number of aliphatic imine (C=N–C) groups is 1. The first-order valence-corrected chi connectivity index (χ1v) is 10.2. The number of anilines is 1. The van der Waals surface area contributed by atoms with Gasteiger partial charge in [0.25, 0.3) is 0 Å². The Morgan fingerprint density at radius 3 is 2.63 bits per heavy atom. The lowest BCUT2D eigenvalue weighted by atomic mass is 10.2. The lowest BCUT2D eigenvalue weighted by Gasteiger charge is -2.33. The van der Waals surface area contributed by atoms with Crippen LogP contribution < -0.4 is 20.3 Å². The first-order chi connectivity index (χ1) is 14.2. The fourth-order valence-electron chi connectivity index (χ4n) is 3.31. The van der Waals surface area contributed by atoms with Crippen molar-refractivity contribution in [2.75, 3.05) is 51.8 Å². The highest BCUT2D eigenvalue weighted by molar-refractivity contribution is 14.0. The van der Waals surface area contributed by atoms with E-state index < -0.39 is 0 Å². The predicted molar refractivity (Wildman–Crippen MR) is 134 cm³/mol. The zero-order valence-electron chi connectivity index (χ0n) is 18.1. The average molecular weight is 524 g/mol. The minimum Gasteiger partial charge on any atom is -0.496 e. The molecular formula is C22H33IN6O. The first kappa shape index (κ1) is 24.2. The molecule has 0 aliphatic carbocycles. The van der Waals surface area contributed by atoms with E-state index in [2.05, 4.69) is 51.5 Å². The number of nitrogens with one attached hydrogen (secondary N) is 2. The summed E-state index contributed by atoms with van der Waals surface area (Å²) in [5.41, 5.74) is 2.25. The highest BCUT2D eigenvalue weighted by atomic mass is 127. The van der Waals surface area contributed by atoms with Crippen molar-refractivity contribution >= 4 is 35.8 Å². The van der Waals surface area contributed by atoms with Crippen molar-refractivity contribution in [3.63, 3.8) is 0 Å². The second-order valence-corrected chi connectivity index (χ2v) is 7.17. The Balaban J connectivity index is 0.00000320. The second-order valence-electron chi connectivity index (χ2n) is 7.17. The molecule has 0 atom stereocenters. The van der Waals surface area contributed by atoms with Crippen molar-refractivity contribution in [3.8, 4) is 5.75 Å². The van der Waals surface area contributed by atoms with Gasteiger partial charge in [-0.1, -0.05) is 18.2 Å². The molecule has 164 valence electrons. The molecule has 2 heterocycles. The topological polar surface area (TPSA) is 65.0 Å². The van der Waals surface area contributed by atoms with Gasteiger partial charge in [-0.15, -0.1) is 24.0 Å². The van der Waals surface area contributed by atoms with Crippen molar-refractivity contribution in [1.29, 1.82) is 0 Å². The Morgan fingerprint density at radius 2 is 1.90 bits per heavy atom. The van der Waals surface area contributed by atoms with Gasteiger partial charge in [0.2, 0.25) is 0 Å². The Labute approximate surface area is 196 Å². The Bertz CT molecular complexity index is 808. The number of benzene rings is 1. The quantitative estimate of drug-likeness (QED) is 0.330. The van der Waals surface area contributed by atoms with Gasteiger partial charge in [-0.3, -0.25) is 0 Å². The van der Waals surface area contributed by atoms with Gasteiger partial charge in [-0.25, -0.2) is 9.98 Å². The lowest BCUT2D eigenvalue weighted by molar-refractivity contribution is 0.312. The molecule has 1 aliphatic rings. The van der Waals surface area contributed by atoms with Crippen molar-refractivity contribution in [2.45, 2.75) is 20.0 Å². The summed E-state index contributed by atoms with van der Waals surface area (Å²) in [7, 11) is 3.86. The number of nitrogens with zero attached hydrogens (tertiary/aromatic N) is 4. The van der Waals surface area contributed by atoms with Crippen LogP contribution in [0.3, 0.4) is 0 Å². The molecule has 2 N–H and O–H groups in total. The molecule has 1 aromatic carbocycles. The minimum atomic E-state index is 0. The summed E-state index contributed by atoms with van der Waals surface area (Å²) in [4.78, 5) is 14.0. The van der Waals surface area contributed by atoms with Crippen LogP contribution in [0.5, 0.6) is 5.75 Å². The highest BCUT2D eigenvalue weighted by Gasteiger charge is 2.15. The van der Waals surface area contributed by atoms with Gasteiger partial charge in [0.1, 0.15) is 11.6 Å². The summed E-state index contributed by atoms with van der Waals surface area (Å²) in [6.07, 6.45) is 1.88. The molecule has 7 nitrogen and oxygen atoms in total. The van der Waals surface area contributed by atoms with Crippen molar-refractivity contribution in [2.24, 2.45) is 4.99 Å². The monoisotopic (exact) mass is 524 g/mol. The second kappa shape index (κ2) is 12.6. The number of likely N-dealkylation sites (N-methyl/N-ethyl adjacent to an activating group) is 1. The summed E-state index contributed by atoms with van der Waals surface area (Å²) in [6.45, 7) is 8.30. The molecule has 0 saturated carbocycles. The largest absolute Gasteiger partial charge is 0.496 e. The zero-order chi connectivity index (χ0) is 20.5. The maximum atomic E-state index is 5.43. The van der Waals surface area contributed by atoms with Gasteiger partial charge >= 0.3 is 0 Å². The van der Waals surface area contributed by atoms with E-state index in [0.29, 0.717) is 13.1 Å². The summed E-state index contributed by atoms with van der Waals surface area (Å²) in [5, 5.41) is 6.70. The molecule has 1 aromatic heterocycles. The van der Waals surface area contributed by atoms with Gasteiger partial charge < -0.3 is 25.2 Å². The van der Waals surface area contributed by atoms with E-state index in [-0.39, 0.29) is 24.0 Å². The number of ether oxygens (including phenoxy) is 1. The molecule has 0 amide bonds. The van der Waals surface area contributed by atoms with Crippen molar-refractivity contribution in [1.82, 2.24) is 20.5 Å². The van der Waals surface area contributed by atoms with Crippen molar-refractivity contribution < 1.29 is 4.74 Å². The summed E-state index contributed by atoms with van der Waals surface area (Å²) < 4.78 is 5.43. The molecule has 30 heavy (non-hydrogen) atoms.